The van der Waals surface area contributed by atoms with Gasteiger partial charge in [-0.05, 0) is 46.2 Å². The predicted octanol–water partition coefficient (Wildman–Crippen LogP) is -5.97. The maximum atomic E-state index is 14.1. The second-order valence-corrected chi connectivity index (χ2v) is 16.8. The summed E-state index contributed by atoms with van der Waals surface area (Å²) in [5, 5.41) is 8.52. The summed E-state index contributed by atoms with van der Waals surface area (Å²) in [4.78, 5) is 145. The smallest absolute Gasteiger partial charge is 0.349 e. The zero-order valence-corrected chi connectivity index (χ0v) is 38.8. The number of imidazole rings is 1. The van der Waals surface area contributed by atoms with Crippen LogP contribution in [0.15, 0.2) is 50.0 Å². The van der Waals surface area contributed by atoms with Crippen LogP contribution in [-0.2, 0) is 48.4 Å². The molecule has 4 heterocycles. The normalized spacial score (nSPS) is 11.8. The Hall–Kier alpha value is -7.72. The second-order valence-electron chi connectivity index (χ2n) is 16.8. The zero-order valence-electron chi connectivity index (χ0n) is 38.8. The molecule has 1 atom stereocenters. The summed E-state index contributed by atoms with van der Waals surface area (Å²) in [6, 6.07) is 2.04. The Kier molecular flexibility index (Phi) is 19.4. The number of pyridine rings is 1. The number of nitrogens with two attached hydrogens (primary N) is 5. The Morgan fingerprint density at radius 2 is 1.38 bits per heavy atom. The molecule has 15 N–H and O–H groups in total. The molecule has 4 aromatic heterocycles. The van der Waals surface area contributed by atoms with E-state index in [1.54, 1.807) is 13.8 Å². The second kappa shape index (κ2) is 24.9. The number of nitrogen functional groups attached to an aromatic ring is 2. The Bertz CT molecular complexity index is 2720. The summed E-state index contributed by atoms with van der Waals surface area (Å²) >= 11 is 0. The number of primary amides is 1. The number of nitrogens with one attached hydrogen (secondary N) is 5. The van der Waals surface area contributed by atoms with Crippen molar-refractivity contribution in [3.8, 4) is 0 Å². The average Bonchev–Trinajstić information content (AvgIpc) is 3.67. The molecule has 4 rings (SSSR count). The Labute approximate surface area is 393 Å². The first-order valence-corrected chi connectivity index (χ1v) is 21.9. The fourth-order valence-corrected chi connectivity index (χ4v) is 7.18. The molecule has 0 fully saturated rings. The van der Waals surface area contributed by atoms with Gasteiger partial charge in [-0.3, -0.25) is 57.8 Å². The van der Waals surface area contributed by atoms with Crippen LogP contribution in [0.3, 0.4) is 0 Å². The average molecular weight is 967 g/mol. The lowest BCUT2D eigenvalue weighted by Crippen LogP contribution is -2.58. The first kappa shape index (κ1) is 53.9. The first-order chi connectivity index (χ1) is 32.6. The molecule has 0 bridgehead atoms. The molecule has 6 amide bonds. The van der Waals surface area contributed by atoms with Gasteiger partial charge in [0, 0.05) is 75.4 Å². The molecule has 28 nitrogen and oxygen atoms in total. The number of aryl methyl sites for hydroxylation is 1. The Morgan fingerprint density at radius 3 is 1.99 bits per heavy atom. The fraction of sp³-hybridized carbons (Fsp3) is 0.512. The van der Waals surface area contributed by atoms with Gasteiger partial charge in [0.1, 0.15) is 31.3 Å². The number of amides is 6. The number of carbonyl (C=O) groups is 6. The number of fused-ring (bicyclic) bond motifs is 1. The maximum Gasteiger partial charge on any atom is 0.349 e. The molecular weight excluding hydrogens is 905 g/mol. The molecule has 0 aromatic carbocycles. The molecule has 28 heteroatoms. The molecule has 0 saturated heterocycles. The molecular formula is C41H62N18O10. The Balaban J connectivity index is 1.49. The van der Waals surface area contributed by atoms with E-state index in [0.717, 1.165) is 18.9 Å². The van der Waals surface area contributed by atoms with E-state index in [1.807, 2.05) is 0 Å². The van der Waals surface area contributed by atoms with Gasteiger partial charge in [-0.25, -0.2) is 14.6 Å². The molecule has 0 spiro atoms. The fourth-order valence-electron chi connectivity index (χ4n) is 7.18. The van der Waals surface area contributed by atoms with E-state index in [4.69, 9.17) is 28.7 Å². The standard InChI is InChI=1S/C41H62N18O10/c1-25-17-58(40(69)52-37(25)66)21-33(63)55(14-10-47-30(60)18-54(13-9-43)32(62)20-56-12-7-28(44)51-39(56)68)19-31(61)48-11-15-57(23-41(2,3)53-26(36(46)65)6-4-5-8-42)34(64)22-59-24-49-35-27(59)16-29(45)50-38(35)67/h7,12,16-17,24,26,53H,4-6,8-11,13-15,18-23,42-43H2,1-3H3,(H2,46,65)(H,47,60)(H,48,61)(H2,44,51,68)(H3,45,50,67)(H,52,66,69)/t26-/m0/s1. The van der Waals surface area contributed by atoms with Crippen LogP contribution in [0.25, 0.3) is 11.0 Å². The minimum Gasteiger partial charge on any atom is -0.385 e. The predicted molar refractivity (Wildman–Crippen MR) is 252 cm³/mol. The highest BCUT2D eigenvalue weighted by Crippen LogP contribution is 2.14. The van der Waals surface area contributed by atoms with Crippen molar-refractivity contribution in [3.05, 3.63) is 78.1 Å². The molecule has 69 heavy (non-hydrogen) atoms. The van der Waals surface area contributed by atoms with Gasteiger partial charge in [0.05, 0.1) is 31.0 Å². The van der Waals surface area contributed by atoms with E-state index in [-0.39, 0.29) is 75.1 Å². The number of nitrogens with zero attached hydrogens (tertiary/aromatic N) is 8. The molecule has 0 aliphatic carbocycles. The number of aromatic nitrogens is 7. The van der Waals surface area contributed by atoms with Gasteiger partial charge in [-0.15, -0.1) is 0 Å². The first-order valence-electron chi connectivity index (χ1n) is 21.9. The quantitative estimate of drug-likeness (QED) is 0.0249. The van der Waals surface area contributed by atoms with Crippen molar-refractivity contribution in [1.82, 2.24) is 64.3 Å². The van der Waals surface area contributed by atoms with Crippen LogP contribution in [0.2, 0.25) is 0 Å². The number of hydrogen-bond acceptors (Lipinski definition) is 17. The Morgan fingerprint density at radius 1 is 0.783 bits per heavy atom. The highest BCUT2D eigenvalue weighted by atomic mass is 16.2. The van der Waals surface area contributed by atoms with Crippen molar-refractivity contribution in [2.24, 2.45) is 17.2 Å². The lowest BCUT2D eigenvalue weighted by atomic mass is 10.00. The third kappa shape index (κ3) is 16.2. The van der Waals surface area contributed by atoms with Gasteiger partial charge in [-0.2, -0.15) is 4.98 Å². The van der Waals surface area contributed by atoms with Crippen molar-refractivity contribution >= 4 is 58.1 Å². The van der Waals surface area contributed by atoms with Gasteiger partial charge in [0.2, 0.25) is 35.4 Å². The number of hydrogen-bond donors (Lipinski definition) is 10. The third-order valence-corrected chi connectivity index (χ3v) is 10.6. The van der Waals surface area contributed by atoms with Crippen molar-refractivity contribution in [1.29, 1.82) is 0 Å². The van der Waals surface area contributed by atoms with Crippen LogP contribution < -0.4 is 67.1 Å². The third-order valence-electron chi connectivity index (χ3n) is 10.6. The number of anilines is 2. The summed E-state index contributed by atoms with van der Waals surface area (Å²) < 4.78 is 3.41. The van der Waals surface area contributed by atoms with E-state index < -0.39 is 95.7 Å². The van der Waals surface area contributed by atoms with Gasteiger partial charge in [0.25, 0.3) is 11.1 Å². The minimum atomic E-state index is -0.922. The molecule has 4 aromatic rings. The van der Waals surface area contributed by atoms with E-state index >= 15 is 0 Å². The molecule has 0 aliphatic heterocycles. The van der Waals surface area contributed by atoms with Crippen molar-refractivity contribution in [2.75, 3.05) is 76.9 Å². The molecule has 0 radical (unpaired) electrons. The van der Waals surface area contributed by atoms with Crippen LogP contribution in [0.5, 0.6) is 0 Å². The van der Waals surface area contributed by atoms with E-state index in [0.29, 0.717) is 31.3 Å². The molecule has 0 aliphatic rings. The number of unbranched alkanes of at least 4 members (excludes halogenated alkanes) is 1. The summed E-state index contributed by atoms with van der Waals surface area (Å²) in [5.74, 6) is -3.77. The van der Waals surface area contributed by atoms with Crippen molar-refractivity contribution in [3.63, 3.8) is 0 Å². The lowest BCUT2D eigenvalue weighted by molar-refractivity contribution is -0.137. The SMILES string of the molecule is Cc1cn(CC(=O)N(CCNC(=O)CN(CCN)C(=O)Cn2ccc(N)nc2=O)CC(=O)NCCN(CC(C)(C)N[C@@H](CCCCN)C(N)=O)C(=O)Cn2cnc3c(=O)[nH]c(N)cc32)c(=O)[nH]c1=O. The summed E-state index contributed by atoms with van der Waals surface area (Å²) in [5.41, 5.74) is 25.2. The molecule has 376 valence electrons. The van der Waals surface area contributed by atoms with Crippen LogP contribution in [0, 0.1) is 6.92 Å². The number of carbonyl (C=O) groups excluding carboxylic acids is 6. The van der Waals surface area contributed by atoms with Crippen LogP contribution >= 0.6 is 0 Å². The molecule has 0 unspecified atom stereocenters. The van der Waals surface area contributed by atoms with Crippen LogP contribution in [0.1, 0.15) is 38.7 Å². The number of rotatable bonds is 27. The topological polar surface area (TPSA) is 419 Å². The summed E-state index contributed by atoms with van der Waals surface area (Å²) in [6.45, 7) is 2.20. The van der Waals surface area contributed by atoms with Gasteiger partial charge >= 0.3 is 11.4 Å². The highest BCUT2D eigenvalue weighted by Gasteiger charge is 2.30. The largest absolute Gasteiger partial charge is 0.385 e. The highest BCUT2D eigenvalue weighted by molar-refractivity contribution is 5.86. The maximum absolute atomic E-state index is 14.1. The zero-order chi connectivity index (χ0) is 51.0. The van der Waals surface area contributed by atoms with E-state index in [2.05, 4.69) is 35.9 Å². The molecule has 0 saturated carbocycles. The van der Waals surface area contributed by atoms with Crippen LogP contribution in [-0.4, -0.2) is 161 Å². The minimum absolute atomic E-state index is 0.000775. The van der Waals surface area contributed by atoms with E-state index in [1.165, 1.54) is 47.2 Å². The number of H-pyrrole nitrogens is 2. The van der Waals surface area contributed by atoms with Gasteiger partial charge in [0.15, 0.2) is 5.52 Å². The van der Waals surface area contributed by atoms with Crippen LogP contribution in [0.4, 0.5) is 11.6 Å². The summed E-state index contributed by atoms with van der Waals surface area (Å²) in [6.07, 6.45) is 5.46. The monoisotopic (exact) mass is 966 g/mol. The summed E-state index contributed by atoms with van der Waals surface area (Å²) in [7, 11) is 0. The van der Waals surface area contributed by atoms with Crippen molar-refractivity contribution in [2.45, 2.75) is 71.2 Å². The van der Waals surface area contributed by atoms with E-state index in [9.17, 15) is 47.9 Å². The van der Waals surface area contributed by atoms with Gasteiger partial charge < -0.3 is 63.6 Å². The van der Waals surface area contributed by atoms with Gasteiger partial charge in [-0.1, -0.05) is 6.42 Å². The van der Waals surface area contributed by atoms with Crippen molar-refractivity contribution < 1.29 is 28.8 Å². The number of aromatic amines is 2. The lowest BCUT2D eigenvalue weighted by Gasteiger charge is -2.36.